The summed E-state index contributed by atoms with van der Waals surface area (Å²) in [5.41, 5.74) is 1.93. The van der Waals surface area contributed by atoms with Gasteiger partial charge in [-0.3, -0.25) is 9.59 Å². The van der Waals surface area contributed by atoms with Gasteiger partial charge in [-0.2, -0.15) is 0 Å². The molecule has 1 saturated heterocycles. The minimum atomic E-state index is -0.234. The van der Waals surface area contributed by atoms with Crippen LogP contribution in [0.15, 0.2) is 23.4 Å². The zero-order valence-electron chi connectivity index (χ0n) is 12.0. The number of allylic oxidation sites excluding steroid dienone is 4. The summed E-state index contributed by atoms with van der Waals surface area (Å²) in [6.45, 7) is 2.60. The maximum absolute atomic E-state index is 12.3. The van der Waals surface area contributed by atoms with Crippen molar-refractivity contribution in [2.75, 3.05) is 6.54 Å². The number of hydrogen-bond donors (Lipinski definition) is 0. The molecule has 3 atom stereocenters. The molecule has 3 heteroatoms. The zero-order valence-corrected chi connectivity index (χ0v) is 12.0. The Morgan fingerprint density at radius 3 is 2.95 bits per heavy atom. The molecule has 3 unspecified atom stereocenters. The number of hydrogen-bond acceptors (Lipinski definition) is 3. The summed E-state index contributed by atoms with van der Waals surface area (Å²) in [4.78, 5) is 26.5. The molecule has 20 heavy (non-hydrogen) atoms. The van der Waals surface area contributed by atoms with E-state index in [2.05, 4.69) is 24.0 Å². The quantitative estimate of drug-likeness (QED) is 0.636. The predicted molar refractivity (Wildman–Crippen MR) is 76.0 cm³/mol. The van der Waals surface area contributed by atoms with E-state index in [0.29, 0.717) is 18.4 Å². The summed E-state index contributed by atoms with van der Waals surface area (Å²) in [7, 11) is 0. The fraction of sp³-hybridized carbons (Fsp3) is 0.647. The van der Waals surface area contributed by atoms with E-state index in [0.717, 1.165) is 30.5 Å². The van der Waals surface area contributed by atoms with Gasteiger partial charge in [-0.1, -0.05) is 25.0 Å². The van der Waals surface area contributed by atoms with E-state index in [4.69, 9.17) is 0 Å². The van der Waals surface area contributed by atoms with Crippen LogP contribution in [-0.2, 0) is 9.59 Å². The van der Waals surface area contributed by atoms with Crippen molar-refractivity contribution < 1.29 is 9.59 Å². The van der Waals surface area contributed by atoms with E-state index in [9.17, 15) is 9.59 Å². The Labute approximate surface area is 119 Å². The first kappa shape index (κ1) is 12.4. The summed E-state index contributed by atoms with van der Waals surface area (Å²) in [6.07, 6.45) is 11.4. The second-order valence-electron chi connectivity index (χ2n) is 6.94. The smallest absolute Gasteiger partial charge is 0.246 e. The van der Waals surface area contributed by atoms with Crippen LogP contribution in [0.1, 0.15) is 45.4 Å². The van der Waals surface area contributed by atoms with E-state index < -0.39 is 0 Å². The maximum atomic E-state index is 12.3. The first-order valence-corrected chi connectivity index (χ1v) is 7.89. The highest BCUT2D eigenvalue weighted by molar-refractivity contribution is 6.46. The van der Waals surface area contributed by atoms with Crippen LogP contribution in [0.5, 0.6) is 0 Å². The molecule has 2 aliphatic carbocycles. The number of carbonyl (C=O) groups is 2. The summed E-state index contributed by atoms with van der Waals surface area (Å²) in [5.74, 6) is 0.657. The van der Waals surface area contributed by atoms with Crippen molar-refractivity contribution in [2.24, 2.45) is 11.8 Å². The van der Waals surface area contributed by atoms with Gasteiger partial charge in [0.1, 0.15) is 0 Å². The lowest BCUT2D eigenvalue weighted by Crippen LogP contribution is -2.57. The largest absolute Gasteiger partial charge is 0.354 e. The van der Waals surface area contributed by atoms with Crippen LogP contribution in [-0.4, -0.2) is 28.6 Å². The number of fused-ring (bicyclic) bond motifs is 5. The Morgan fingerprint density at radius 1 is 1.25 bits per heavy atom. The molecular formula is C17H21NO2. The molecule has 4 rings (SSSR count). The Bertz CT molecular complexity index is 559. The second kappa shape index (κ2) is 4.06. The van der Waals surface area contributed by atoms with Crippen LogP contribution in [0.2, 0.25) is 0 Å². The van der Waals surface area contributed by atoms with Crippen LogP contribution in [0.3, 0.4) is 0 Å². The lowest BCUT2D eigenvalue weighted by Gasteiger charge is -2.56. The average molecular weight is 271 g/mol. The molecule has 2 heterocycles. The summed E-state index contributed by atoms with van der Waals surface area (Å²) >= 11 is 0. The third kappa shape index (κ3) is 1.41. The molecule has 1 saturated carbocycles. The van der Waals surface area contributed by atoms with Crippen LogP contribution >= 0.6 is 0 Å². The fourth-order valence-corrected chi connectivity index (χ4v) is 5.02. The van der Waals surface area contributed by atoms with Gasteiger partial charge in [0.2, 0.25) is 11.6 Å². The molecule has 0 amide bonds. The van der Waals surface area contributed by atoms with E-state index >= 15 is 0 Å². The van der Waals surface area contributed by atoms with Crippen molar-refractivity contribution in [3.63, 3.8) is 0 Å². The Morgan fingerprint density at radius 2 is 2.10 bits per heavy atom. The number of carbonyl (C=O) groups excluding carboxylic acids is 2. The molecule has 2 aliphatic heterocycles. The molecule has 106 valence electrons. The lowest BCUT2D eigenvalue weighted by molar-refractivity contribution is -0.132. The van der Waals surface area contributed by atoms with Gasteiger partial charge in [0.05, 0.1) is 12.2 Å². The number of Topliss-reactive ketones (excluding diaryl/α,β-unsaturated/α-hetero) is 2. The van der Waals surface area contributed by atoms with Crippen molar-refractivity contribution in [1.82, 2.24) is 4.90 Å². The van der Waals surface area contributed by atoms with Gasteiger partial charge < -0.3 is 4.90 Å². The van der Waals surface area contributed by atoms with Gasteiger partial charge >= 0.3 is 0 Å². The van der Waals surface area contributed by atoms with Crippen molar-refractivity contribution in [3.8, 4) is 0 Å². The van der Waals surface area contributed by atoms with Crippen LogP contribution in [0.25, 0.3) is 0 Å². The number of ketones is 2. The van der Waals surface area contributed by atoms with Gasteiger partial charge in [0.15, 0.2) is 0 Å². The fourth-order valence-electron chi connectivity index (χ4n) is 5.02. The minimum Gasteiger partial charge on any atom is -0.354 e. The Hall–Kier alpha value is -1.38. The molecule has 0 N–H and O–H groups in total. The minimum absolute atomic E-state index is 0.0226. The Kier molecular flexibility index (Phi) is 2.51. The number of nitrogens with zero attached hydrogens (tertiary/aromatic N) is 1. The second-order valence-corrected chi connectivity index (χ2v) is 6.94. The van der Waals surface area contributed by atoms with Gasteiger partial charge in [-0.25, -0.2) is 0 Å². The molecule has 0 radical (unpaired) electrons. The average Bonchev–Trinajstić information content (AvgIpc) is 2.76. The normalized spacial score (nSPS) is 39.8. The first-order valence-electron chi connectivity index (χ1n) is 7.89. The summed E-state index contributed by atoms with van der Waals surface area (Å²) in [6, 6.07) is 0. The zero-order chi connectivity index (χ0) is 13.9. The molecule has 3 nitrogen and oxygen atoms in total. The van der Waals surface area contributed by atoms with E-state index in [1.165, 1.54) is 19.3 Å². The highest BCUT2D eigenvalue weighted by Crippen LogP contribution is 2.53. The molecule has 0 spiro atoms. The molecule has 4 aliphatic rings. The van der Waals surface area contributed by atoms with Crippen molar-refractivity contribution >= 4 is 11.6 Å². The van der Waals surface area contributed by atoms with E-state index in [-0.39, 0.29) is 17.1 Å². The van der Waals surface area contributed by atoms with Gasteiger partial charge in [0.25, 0.3) is 0 Å². The van der Waals surface area contributed by atoms with Crippen LogP contribution < -0.4 is 0 Å². The molecule has 0 aromatic rings. The molecule has 0 bridgehead atoms. The van der Waals surface area contributed by atoms with Crippen LogP contribution in [0.4, 0.5) is 0 Å². The first-order chi connectivity index (χ1) is 9.63. The standard InChI is InChI=1S/C17H21NO2/c1-17-9-5-4-8-13(17)11-6-2-3-7-12(11)15-16(20)14(19)10-18(15)17/h3,7,11,13H,2,4-6,8-10H2,1H3. The number of rotatable bonds is 0. The van der Waals surface area contributed by atoms with Gasteiger partial charge in [0, 0.05) is 5.54 Å². The SMILES string of the molecule is CC12CCCCC1C1CCC=CC1=C1C(=O)C(=O)CN12. The topological polar surface area (TPSA) is 37.4 Å². The molecule has 0 aromatic carbocycles. The lowest BCUT2D eigenvalue weighted by atomic mass is 9.61. The molecule has 2 fully saturated rings. The highest BCUT2D eigenvalue weighted by atomic mass is 16.2. The highest BCUT2D eigenvalue weighted by Gasteiger charge is 2.55. The molecule has 0 aromatic heterocycles. The van der Waals surface area contributed by atoms with Crippen LogP contribution in [0, 0.1) is 11.8 Å². The van der Waals surface area contributed by atoms with E-state index in [1.54, 1.807) is 0 Å². The monoisotopic (exact) mass is 271 g/mol. The van der Waals surface area contributed by atoms with Crippen molar-refractivity contribution in [3.05, 3.63) is 23.4 Å². The Balaban J connectivity index is 1.93. The van der Waals surface area contributed by atoms with Gasteiger partial charge in [-0.15, -0.1) is 0 Å². The third-order valence-corrected chi connectivity index (χ3v) is 6.00. The summed E-state index contributed by atoms with van der Waals surface area (Å²) in [5, 5.41) is 0. The summed E-state index contributed by atoms with van der Waals surface area (Å²) < 4.78 is 0. The van der Waals surface area contributed by atoms with E-state index in [1.807, 2.05) is 0 Å². The van der Waals surface area contributed by atoms with Crippen molar-refractivity contribution in [2.45, 2.75) is 51.0 Å². The van der Waals surface area contributed by atoms with Crippen molar-refractivity contribution in [1.29, 1.82) is 0 Å². The predicted octanol–water partition coefficient (Wildman–Crippen LogP) is 2.62. The maximum Gasteiger partial charge on any atom is 0.246 e. The molecular weight excluding hydrogens is 250 g/mol. The van der Waals surface area contributed by atoms with Gasteiger partial charge in [-0.05, 0) is 50.0 Å². The third-order valence-electron chi connectivity index (χ3n) is 6.00.